The van der Waals surface area contributed by atoms with Gasteiger partial charge in [0.1, 0.15) is 10.8 Å². The number of aryl methyl sites for hydroxylation is 1. The van der Waals surface area contributed by atoms with Gasteiger partial charge in [-0.15, -0.1) is 11.3 Å². The Morgan fingerprint density at radius 1 is 1.42 bits per heavy atom. The Morgan fingerprint density at radius 2 is 2.26 bits per heavy atom. The summed E-state index contributed by atoms with van der Waals surface area (Å²) < 4.78 is 5.54. The second kappa shape index (κ2) is 6.78. The third kappa shape index (κ3) is 4.11. The number of benzene rings is 1. The maximum Gasteiger partial charge on any atom is 0.138 e. The lowest BCUT2D eigenvalue weighted by Crippen LogP contribution is -2.00. The first kappa shape index (κ1) is 14.2. The number of ether oxygens (including phenoxy) is 1. The summed E-state index contributed by atoms with van der Waals surface area (Å²) in [6.45, 7) is 5.46. The summed E-state index contributed by atoms with van der Waals surface area (Å²) in [5.74, 6) is 0.735. The van der Waals surface area contributed by atoms with Crippen molar-refractivity contribution >= 4 is 28.6 Å². The highest BCUT2D eigenvalue weighted by Crippen LogP contribution is 2.28. The minimum Gasteiger partial charge on any atom is -0.492 e. The first-order valence-electron chi connectivity index (χ1n) is 6.26. The molecule has 5 heteroatoms. The molecule has 19 heavy (non-hydrogen) atoms. The molecule has 1 N–H and O–H groups in total. The topological polar surface area (TPSA) is 34.1 Å². The fourth-order valence-corrected chi connectivity index (χ4v) is 2.55. The number of halogens is 1. The van der Waals surface area contributed by atoms with E-state index in [9.17, 15) is 0 Å². The van der Waals surface area contributed by atoms with Gasteiger partial charge in [0, 0.05) is 16.8 Å². The molecule has 0 fully saturated rings. The maximum absolute atomic E-state index is 6.17. The summed E-state index contributed by atoms with van der Waals surface area (Å²) in [6.07, 6.45) is 0.972. The van der Waals surface area contributed by atoms with Gasteiger partial charge in [0.05, 0.1) is 18.2 Å². The van der Waals surface area contributed by atoms with Crippen molar-refractivity contribution in [2.24, 2.45) is 0 Å². The Balaban J connectivity index is 1.95. The second-order valence-electron chi connectivity index (χ2n) is 4.23. The summed E-state index contributed by atoms with van der Waals surface area (Å²) in [6, 6.07) is 5.75. The standard InChI is InChI=1S/C14H17ClN2OS/c1-3-6-18-13-5-4-11(7-12(13)15)16-8-14-17-10(2)9-19-14/h4-5,7,9,16H,3,6,8H2,1-2H3. The fraction of sp³-hybridized carbons (Fsp3) is 0.357. The van der Waals surface area contributed by atoms with E-state index in [-0.39, 0.29) is 0 Å². The number of thiazole rings is 1. The molecule has 0 aliphatic rings. The third-order valence-electron chi connectivity index (χ3n) is 2.50. The van der Waals surface area contributed by atoms with Crippen LogP contribution in [-0.4, -0.2) is 11.6 Å². The molecule has 0 saturated heterocycles. The van der Waals surface area contributed by atoms with Crippen molar-refractivity contribution in [2.45, 2.75) is 26.8 Å². The van der Waals surface area contributed by atoms with Crippen LogP contribution in [0.5, 0.6) is 5.75 Å². The van der Waals surface area contributed by atoms with Crippen LogP contribution in [0.4, 0.5) is 5.69 Å². The van der Waals surface area contributed by atoms with Crippen LogP contribution in [0.2, 0.25) is 5.02 Å². The van der Waals surface area contributed by atoms with E-state index in [1.54, 1.807) is 11.3 Å². The largest absolute Gasteiger partial charge is 0.492 e. The molecule has 0 aliphatic carbocycles. The zero-order valence-corrected chi connectivity index (χ0v) is 12.6. The Bertz CT molecular complexity index is 542. The molecule has 0 amide bonds. The molecular formula is C14H17ClN2OS. The molecule has 0 unspecified atom stereocenters. The van der Waals surface area contributed by atoms with Gasteiger partial charge in [-0.3, -0.25) is 0 Å². The smallest absolute Gasteiger partial charge is 0.138 e. The Kier molecular flexibility index (Phi) is 5.05. The molecule has 0 spiro atoms. The molecule has 0 saturated carbocycles. The van der Waals surface area contributed by atoms with E-state index in [1.807, 2.05) is 30.5 Å². The van der Waals surface area contributed by atoms with Crippen LogP contribution in [0.15, 0.2) is 23.6 Å². The van der Waals surface area contributed by atoms with E-state index in [4.69, 9.17) is 16.3 Å². The van der Waals surface area contributed by atoms with E-state index in [2.05, 4.69) is 17.2 Å². The first-order valence-corrected chi connectivity index (χ1v) is 7.52. The number of aromatic nitrogens is 1. The van der Waals surface area contributed by atoms with Crippen LogP contribution in [0.3, 0.4) is 0 Å². The summed E-state index contributed by atoms with van der Waals surface area (Å²) in [5, 5.41) is 7.06. The summed E-state index contributed by atoms with van der Waals surface area (Å²) in [7, 11) is 0. The van der Waals surface area contributed by atoms with Gasteiger partial charge in [-0.2, -0.15) is 0 Å². The van der Waals surface area contributed by atoms with E-state index in [1.165, 1.54) is 0 Å². The minimum atomic E-state index is 0.633. The average molecular weight is 297 g/mol. The van der Waals surface area contributed by atoms with Gasteiger partial charge in [0.2, 0.25) is 0 Å². The predicted molar refractivity (Wildman–Crippen MR) is 81.4 cm³/mol. The van der Waals surface area contributed by atoms with Crippen LogP contribution in [-0.2, 0) is 6.54 Å². The number of rotatable bonds is 6. The van der Waals surface area contributed by atoms with Crippen molar-refractivity contribution in [1.29, 1.82) is 0 Å². The van der Waals surface area contributed by atoms with Crippen molar-refractivity contribution in [3.8, 4) is 5.75 Å². The lowest BCUT2D eigenvalue weighted by Gasteiger charge is -2.09. The number of nitrogens with one attached hydrogen (secondary N) is 1. The Labute approximate surface area is 122 Å². The van der Waals surface area contributed by atoms with Crippen molar-refractivity contribution in [3.05, 3.63) is 39.3 Å². The maximum atomic E-state index is 6.17. The molecule has 0 aliphatic heterocycles. The zero-order chi connectivity index (χ0) is 13.7. The highest BCUT2D eigenvalue weighted by Gasteiger charge is 2.04. The van der Waals surface area contributed by atoms with Gasteiger partial charge in [0.25, 0.3) is 0 Å². The summed E-state index contributed by atoms with van der Waals surface area (Å²) in [5.41, 5.74) is 2.03. The SMILES string of the molecule is CCCOc1ccc(NCc2nc(C)cs2)cc1Cl. The number of anilines is 1. The van der Waals surface area contributed by atoms with Crippen molar-refractivity contribution < 1.29 is 4.74 Å². The van der Waals surface area contributed by atoms with Crippen molar-refractivity contribution in [1.82, 2.24) is 4.98 Å². The van der Waals surface area contributed by atoms with Gasteiger partial charge >= 0.3 is 0 Å². The van der Waals surface area contributed by atoms with Crippen LogP contribution in [0, 0.1) is 6.92 Å². The molecule has 0 radical (unpaired) electrons. The molecule has 2 aromatic rings. The molecule has 0 atom stereocenters. The molecule has 1 aromatic heterocycles. The average Bonchev–Trinajstić information content (AvgIpc) is 2.81. The highest BCUT2D eigenvalue weighted by molar-refractivity contribution is 7.09. The lowest BCUT2D eigenvalue weighted by atomic mass is 10.3. The van der Waals surface area contributed by atoms with E-state index in [0.717, 1.165) is 28.6 Å². The molecule has 0 bridgehead atoms. The van der Waals surface area contributed by atoms with Crippen LogP contribution < -0.4 is 10.1 Å². The number of hydrogen-bond donors (Lipinski definition) is 1. The monoisotopic (exact) mass is 296 g/mol. The molecule has 102 valence electrons. The second-order valence-corrected chi connectivity index (χ2v) is 5.58. The zero-order valence-electron chi connectivity index (χ0n) is 11.1. The van der Waals surface area contributed by atoms with Gasteiger partial charge in [0.15, 0.2) is 0 Å². The quantitative estimate of drug-likeness (QED) is 0.852. The molecule has 3 nitrogen and oxygen atoms in total. The highest BCUT2D eigenvalue weighted by atomic mass is 35.5. The summed E-state index contributed by atoms with van der Waals surface area (Å²) >= 11 is 7.83. The van der Waals surface area contributed by atoms with Crippen LogP contribution in [0.25, 0.3) is 0 Å². The first-order chi connectivity index (χ1) is 9.19. The van der Waals surface area contributed by atoms with Crippen LogP contribution in [0.1, 0.15) is 24.0 Å². The van der Waals surface area contributed by atoms with Gasteiger partial charge in [-0.25, -0.2) is 4.98 Å². The summed E-state index contributed by atoms with van der Waals surface area (Å²) in [4.78, 5) is 4.40. The molecular weight excluding hydrogens is 280 g/mol. The Morgan fingerprint density at radius 3 is 2.89 bits per heavy atom. The van der Waals surface area contributed by atoms with Gasteiger partial charge in [-0.1, -0.05) is 18.5 Å². The van der Waals surface area contributed by atoms with Crippen molar-refractivity contribution in [3.63, 3.8) is 0 Å². The normalized spacial score (nSPS) is 10.5. The van der Waals surface area contributed by atoms with Gasteiger partial charge in [-0.05, 0) is 31.5 Å². The molecule has 1 heterocycles. The third-order valence-corrected chi connectivity index (χ3v) is 3.77. The number of hydrogen-bond acceptors (Lipinski definition) is 4. The van der Waals surface area contributed by atoms with Crippen molar-refractivity contribution in [2.75, 3.05) is 11.9 Å². The van der Waals surface area contributed by atoms with E-state index >= 15 is 0 Å². The molecule has 1 aromatic carbocycles. The lowest BCUT2D eigenvalue weighted by molar-refractivity contribution is 0.317. The van der Waals surface area contributed by atoms with E-state index in [0.29, 0.717) is 18.2 Å². The number of nitrogens with zero attached hydrogens (tertiary/aromatic N) is 1. The molecule has 2 rings (SSSR count). The van der Waals surface area contributed by atoms with Crippen LogP contribution >= 0.6 is 22.9 Å². The fourth-order valence-electron chi connectivity index (χ4n) is 1.60. The Hall–Kier alpha value is -1.26. The minimum absolute atomic E-state index is 0.633. The predicted octanol–water partition coefficient (Wildman–Crippen LogP) is 4.51. The van der Waals surface area contributed by atoms with Gasteiger partial charge < -0.3 is 10.1 Å². The van der Waals surface area contributed by atoms with E-state index < -0.39 is 0 Å².